The highest BCUT2D eigenvalue weighted by molar-refractivity contribution is 5.98. The number of hydrogen-bond donors (Lipinski definition) is 1. The fourth-order valence-corrected chi connectivity index (χ4v) is 1.96. The molecule has 1 N–H and O–H groups in total. The summed E-state index contributed by atoms with van der Waals surface area (Å²) in [5, 5.41) is 2.10. The van der Waals surface area contributed by atoms with Gasteiger partial charge in [-0.1, -0.05) is 6.07 Å². The number of esters is 1. The Hall–Kier alpha value is -2.83. The number of methoxy groups -OCH3 is 1. The van der Waals surface area contributed by atoms with Gasteiger partial charge in [0, 0.05) is 24.4 Å². The first kappa shape index (κ1) is 17.5. The highest BCUT2D eigenvalue weighted by Gasteiger charge is 2.32. The topological polar surface area (TPSA) is 68.3 Å². The molecule has 0 aliphatic rings. The van der Waals surface area contributed by atoms with Gasteiger partial charge in [-0.05, 0) is 36.8 Å². The first-order valence-electron chi connectivity index (χ1n) is 7.06. The largest absolute Gasteiger partial charge is 0.465 e. The van der Waals surface area contributed by atoms with Crippen molar-refractivity contribution in [3.8, 4) is 11.3 Å². The number of carbonyl (C=O) groups is 2. The summed E-state index contributed by atoms with van der Waals surface area (Å²) in [6.07, 6.45) is 1.64. The molecule has 5 nitrogen and oxygen atoms in total. The normalized spacial score (nSPS) is 11.0. The number of ether oxygens (including phenoxy) is 1. The van der Waals surface area contributed by atoms with E-state index in [1.54, 1.807) is 12.3 Å². The van der Waals surface area contributed by atoms with Crippen molar-refractivity contribution in [3.63, 3.8) is 0 Å². The van der Waals surface area contributed by atoms with E-state index in [1.165, 1.54) is 25.3 Å². The van der Waals surface area contributed by atoms with Gasteiger partial charge < -0.3 is 10.1 Å². The molecule has 0 radical (unpaired) electrons. The second-order valence-electron chi connectivity index (χ2n) is 5.35. The van der Waals surface area contributed by atoms with Gasteiger partial charge in [-0.15, -0.1) is 0 Å². The Morgan fingerprint density at radius 3 is 2.46 bits per heavy atom. The molecule has 0 atom stereocenters. The van der Waals surface area contributed by atoms with Crippen molar-refractivity contribution in [3.05, 3.63) is 47.7 Å². The molecule has 24 heavy (non-hydrogen) atoms. The third kappa shape index (κ3) is 4.13. The maximum absolute atomic E-state index is 13.1. The molecule has 1 amide bonds. The number of benzene rings is 1. The molecule has 2 rings (SSSR count). The summed E-state index contributed by atoms with van der Waals surface area (Å²) in [5.41, 5.74) is 2.15. The molecule has 1 heterocycles. The molecule has 7 heteroatoms. The molecule has 0 bridgehead atoms. The maximum atomic E-state index is 13.1. The molecule has 1 aromatic heterocycles. The van der Waals surface area contributed by atoms with Crippen LogP contribution in [0, 0.1) is 6.92 Å². The van der Waals surface area contributed by atoms with Crippen molar-refractivity contribution in [2.75, 3.05) is 12.4 Å². The Kier molecular flexibility index (Phi) is 4.92. The Morgan fingerprint density at radius 1 is 1.21 bits per heavy atom. The van der Waals surface area contributed by atoms with Crippen molar-refractivity contribution >= 4 is 17.6 Å². The van der Waals surface area contributed by atoms with Gasteiger partial charge in [0.05, 0.1) is 18.4 Å². The van der Waals surface area contributed by atoms with Crippen LogP contribution in [0.15, 0.2) is 36.5 Å². The number of hydrogen-bond acceptors (Lipinski definition) is 4. The molecule has 0 spiro atoms. The standard InChI is InChI=1S/C17H16F2N2O3/c1-10-4-5-14(20-9-10)11-6-12(15(22)24-3)8-13(7-11)21-16(23)17(2,18)19/h4-9H,1-3H3,(H,21,23). The molecule has 0 aliphatic carbocycles. The lowest BCUT2D eigenvalue weighted by Crippen LogP contribution is -2.31. The van der Waals surface area contributed by atoms with Gasteiger partial charge >= 0.3 is 11.9 Å². The van der Waals surface area contributed by atoms with E-state index >= 15 is 0 Å². The number of nitrogens with one attached hydrogen (secondary N) is 1. The second-order valence-corrected chi connectivity index (χ2v) is 5.35. The number of rotatable bonds is 4. The molecular formula is C17H16F2N2O3. The first-order valence-corrected chi connectivity index (χ1v) is 7.06. The number of anilines is 1. The van der Waals surface area contributed by atoms with Crippen molar-refractivity contribution in [1.29, 1.82) is 0 Å². The highest BCUT2D eigenvalue weighted by atomic mass is 19.3. The summed E-state index contributed by atoms with van der Waals surface area (Å²) < 4.78 is 30.8. The van der Waals surface area contributed by atoms with Crippen LogP contribution in [-0.2, 0) is 9.53 Å². The van der Waals surface area contributed by atoms with Gasteiger partial charge in [-0.2, -0.15) is 8.78 Å². The number of pyridine rings is 1. The summed E-state index contributed by atoms with van der Waals surface area (Å²) in [6, 6.07) is 7.81. The van der Waals surface area contributed by atoms with Gasteiger partial charge in [-0.25, -0.2) is 4.79 Å². The maximum Gasteiger partial charge on any atom is 0.337 e. The SMILES string of the molecule is COC(=O)c1cc(NC(=O)C(C)(F)F)cc(-c2ccc(C)cn2)c1. The van der Waals surface area contributed by atoms with E-state index in [9.17, 15) is 18.4 Å². The molecule has 0 saturated carbocycles. The zero-order chi connectivity index (χ0) is 17.9. The Bertz CT molecular complexity index is 768. The van der Waals surface area contributed by atoms with Crippen molar-refractivity contribution in [2.24, 2.45) is 0 Å². The van der Waals surface area contributed by atoms with E-state index < -0.39 is 17.8 Å². The zero-order valence-electron chi connectivity index (χ0n) is 13.4. The van der Waals surface area contributed by atoms with Crippen LogP contribution in [0.5, 0.6) is 0 Å². The van der Waals surface area contributed by atoms with Crippen LogP contribution in [0.25, 0.3) is 11.3 Å². The third-order valence-corrected chi connectivity index (χ3v) is 3.22. The number of aromatic nitrogens is 1. The zero-order valence-corrected chi connectivity index (χ0v) is 13.4. The predicted molar refractivity (Wildman–Crippen MR) is 85.0 cm³/mol. The number of nitrogens with zero attached hydrogens (tertiary/aromatic N) is 1. The summed E-state index contributed by atoms with van der Waals surface area (Å²) in [6.45, 7) is 2.37. The minimum Gasteiger partial charge on any atom is -0.465 e. The van der Waals surface area contributed by atoms with E-state index in [-0.39, 0.29) is 11.3 Å². The summed E-state index contributed by atoms with van der Waals surface area (Å²) >= 11 is 0. The van der Waals surface area contributed by atoms with E-state index in [4.69, 9.17) is 0 Å². The average molecular weight is 334 g/mol. The first-order chi connectivity index (χ1) is 11.2. The van der Waals surface area contributed by atoms with Crippen LogP contribution < -0.4 is 5.32 Å². The molecule has 0 unspecified atom stereocenters. The summed E-state index contributed by atoms with van der Waals surface area (Å²) in [5.74, 6) is -5.65. The van der Waals surface area contributed by atoms with Gasteiger partial charge in [0.25, 0.3) is 5.91 Å². The molecule has 126 valence electrons. The molecular weight excluding hydrogens is 318 g/mol. The number of carbonyl (C=O) groups excluding carboxylic acids is 2. The number of aryl methyl sites for hydroxylation is 1. The smallest absolute Gasteiger partial charge is 0.337 e. The van der Waals surface area contributed by atoms with Crippen molar-refractivity contribution in [1.82, 2.24) is 4.98 Å². The lowest BCUT2D eigenvalue weighted by Gasteiger charge is -2.13. The van der Waals surface area contributed by atoms with Crippen LogP contribution in [-0.4, -0.2) is 29.9 Å². The average Bonchev–Trinajstić information content (AvgIpc) is 2.53. The Morgan fingerprint density at radius 2 is 1.92 bits per heavy atom. The Balaban J connectivity index is 2.47. The lowest BCUT2D eigenvalue weighted by atomic mass is 10.1. The van der Waals surface area contributed by atoms with E-state index in [1.807, 2.05) is 13.0 Å². The molecule has 1 aromatic carbocycles. The van der Waals surface area contributed by atoms with Crippen molar-refractivity contribution in [2.45, 2.75) is 19.8 Å². The molecule has 2 aromatic rings. The van der Waals surface area contributed by atoms with Crippen LogP contribution >= 0.6 is 0 Å². The quantitative estimate of drug-likeness (QED) is 0.870. The minimum absolute atomic E-state index is 0.0572. The van der Waals surface area contributed by atoms with Gasteiger partial charge in [-0.3, -0.25) is 9.78 Å². The van der Waals surface area contributed by atoms with Crippen LogP contribution in [0.4, 0.5) is 14.5 Å². The second kappa shape index (κ2) is 6.74. The third-order valence-electron chi connectivity index (χ3n) is 3.22. The highest BCUT2D eigenvalue weighted by Crippen LogP contribution is 2.25. The number of halogens is 2. The monoisotopic (exact) mass is 334 g/mol. The van der Waals surface area contributed by atoms with Crippen LogP contribution in [0.1, 0.15) is 22.8 Å². The van der Waals surface area contributed by atoms with Crippen molar-refractivity contribution < 1.29 is 23.1 Å². The predicted octanol–water partition coefficient (Wildman–Crippen LogP) is 3.44. The van der Waals surface area contributed by atoms with Gasteiger partial charge in [0.1, 0.15) is 0 Å². The molecule has 0 saturated heterocycles. The van der Waals surface area contributed by atoms with Gasteiger partial charge in [0.15, 0.2) is 0 Å². The number of alkyl halides is 2. The lowest BCUT2D eigenvalue weighted by molar-refractivity contribution is -0.137. The minimum atomic E-state index is -3.54. The summed E-state index contributed by atoms with van der Waals surface area (Å²) in [4.78, 5) is 27.5. The number of amides is 1. The van der Waals surface area contributed by atoms with E-state index in [0.29, 0.717) is 18.2 Å². The molecule has 0 fully saturated rings. The Labute approximate surface area is 137 Å². The van der Waals surface area contributed by atoms with E-state index in [0.717, 1.165) is 5.56 Å². The van der Waals surface area contributed by atoms with Gasteiger partial charge in [0.2, 0.25) is 0 Å². The van der Waals surface area contributed by atoms with E-state index in [2.05, 4.69) is 15.0 Å². The molecule has 0 aliphatic heterocycles. The van der Waals surface area contributed by atoms with Crippen LogP contribution in [0.2, 0.25) is 0 Å². The summed E-state index contributed by atoms with van der Waals surface area (Å²) in [7, 11) is 1.21. The fraction of sp³-hybridized carbons (Fsp3) is 0.235. The fourth-order valence-electron chi connectivity index (χ4n) is 1.96. The van der Waals surface area contributed by atoms with Crippen LogP contribution in [0.3, 0.4) is 0 Å².